The first-order valence-corrected chi connectivity index (χ1v) is 6.79. The third-order valence-electron chi connectivity index (χ3n) is 2.83. The summed E-state index contributed by atoms with van der Waals surface area (Å²) < 4.78 is 55.9. The molecule has 1 saturated heterocycles. The summed E-state index contributed by atoms with van der Waals surface area (Å²) in [4.78, 5) is 0. The Morgan fingerprint density at radius 3 is 2.63 bits per heavy atom. The highest BCUT2D eigenvalue weighted by Gasteiger charge is 2.34. The van der Waals surface area contributed by atoms with Crippen molar-refractivity contribution in [2.24, 2.45) is 0 Å². The third-order valence-corrected chi connectivity index (χ3v) is 3.85. The minimum Gasteiger partial charge on any atom is -0.386 e. The standard InChI is InChI=1S/C12H12F4O2S/c13-9-5-7(1-2-8(9)12(14,15)16)11(17)10-6-19-4-3-18-10/h1-2,5,10-11,17H,3-4,6H2. The number of hydrogen-bond donors (Lipinski definition) is 1. The SMILES string of the molecule is OC(c1ccc(C(F)(F)F)c(F)c1)C1CSCCO1. The van der Waals surface area contributed by atoms with Gasteiger partial charge in [-0.25, -0.2) is 4.39 Å². The summed E-state index contributed by atoms with van der Waals surface area (Å²) in [5.74, 6) is -0.0403. The summed E-state index contributed by atoms with van der Waals surface area (Å²) in [6, 6.07) is 2.44. The Morgan fingerprint density at radius 1 is 1.37 bits per heavy atom. The van der Waals surface area contributed by atoms with Gasteiger partial charge in [0, 0.05) is 11.5 Å². The maximum atomic E-state index is 13.4. The molecule has 0 aromatic heterocycles. The number of hydrogen-bond acceptors (Lipinski definition) is 3. The van der Waals surface area contributed by atoms with E-state index in [0.29, 0.717) is 18.4 Å². The molecule has 0 bridgehead atoms. The van der Waals surface area contributed by atoms with Gasteiger partial charge in [-0.15, -0.1) is 0 Å². The molecule has 19 heavy (non-hydrogen) atoms. The van der Waals surface area contributed by atoms with Crippen LogP contribution in [0.5, 0.6) is 0 Å². The monoisotopic (exact) mass is 296 g/mol. The Balaban J connectivity index is 2.19. The second-order valence-electron chi connectivity index (χ2n) is 4.17. The number of rotatable bonds is 2. The molecule has 1 aromatic rings. The minimum atomic E-state index is -4.73. The predicted octanol–water partition coefficient (Wildman–Crippen LogP) is 3.01. The van der Waals surface area contributed by atoms with E-state index in [2.05, 4.69) is 0 Å². The Bertz CT molecular complexity index is 444. The number of aliphatic hydroxyl groups is 1. The molecule has 1 aliphatic rings. The molecule has 2 rings (SSSR count). The van der Waals surface area contributed by atoms with Gasteiger partial charge in [0.2, 0.25) is 0 Å². The van der Waals surface area contributed by atoms with Crippen LogP contribution in [0.4, 0.5) is 17.6 Å². The van der Waals surface area contributed by atoms with Gasteiger partial charge >= 0.3 is 6.18 Å². The van der Waals surface area contributed by atoms with Crippen LogP contribution in [0.3, 0.4) is 0 Å². The van der Waals surface area contributed by atoms with Crippen molar-refractivity contribution in [2.75, 3.05) is 18.1 Å². The lowest BCUT2D eigenvalue weighted by Gasteiger charge is -2.27. The molecular formula is C12H12F4O2S. The van der Waals surface area contributed by atoms with Crippen LogP contribution >= 0.6 is 11.8 Å². The minimum absolute atomic E-state index is 0.0954. The van der Waals surface area contributed by atoms with E-state index in [1.54, 1.807) is 11.8 Å². The van der Waals surface area contributed by atoms with Crippen molar-refractivity contribution in [1.82, 2.24) is 0 Å². The van der Waals surface area contributed by atoms with Gasteiger partial charge in [-0.2, -0.15) is 24.9 Å². The first-order chi connectivity index (χ1) is 8.89. The van der Waals surface area contributed by atoms with Gasteiger partial charge in [-0.05, 0) is 17.7 Å². The van der Waals surface area contributed by atoms with Gasteiger partial charge in [0.1, 0.15) is 11.9 Å². The molecule has 0 spiro atoms. The van der Waals surface area contributed by atoms with Crippen LogP contribution in [0.15, 0.2) is 18.2 Å². The highest BCUT2D eigenvalue weighted by molar-refractivity contribution is 7.99. The van der Waals surface area contributed by atoms with E-state index in [-0.39, 0.29) is 5.56 Å². The highest BCUT2D eigenvalue weighted by Crippen LogP contribution is 2.33. The van der Waals surface area contributed by atoms with Crippen molar-refractivity contribution in [3.8, 4) is 0 Å². The summed E-state index contributed by atoms with van der Waals surface area (Å²) in [5, 5.41) is 9.98. The van der Waals surface area contributed by atoms with Gasteiger partial charge in [-0.3, -0.25) is 0 Å². The molecule has 2 atom stereocenters. The second kappa shape index (κ2) is 5.68. The zero-order valence-corrected chi connectivity index (χ0v) is 10.6. The quantitative estimate of drug-likeness (QED) is 0.851. The van der Waals surface area contributed by atoms with E-state index in [1.807, 2.05) is 0 Å². The summed E-state index contributed by atoms with van der Waals surface area (Å²) in [7, 11) is 0. The van der Waals surface area contributed by atoms with Crippen molar-refractivity contribution in [2.45, 2.75) is 18.4 Å². The fourth-order valence-corrected chi connectivity index (χ4v) is 2.74. The first kappa shape index (κ1) is 14.6. The number of aliphatic hydroxyl groups excluding tert-OH is 1. The molecule has 7 heteroatoms. The predicted molar refractivity (Wildman–Crippen MR) is 63.4 cm³/mol. The van der Waals surface area contributed by atoms with Crippen molar-refractivity contribution in [1.29, 1.82) is 0 Å². The maximum Gasteiger partial charge on any atom is 0.419 e. The number of ether oxygens (including phenoxy) is 1. The normalized spacial score (nSPS) is 22.3. The van der Waals surface area contributed by atoms with Crippen LogP contribution in [0, 0.1) is 5.82 Å². The summed E-state index contributed by atoms with van der Waals surface area (Å²) >= 11 is 1.58. The zero-order chi connectivity index (χ0) is 14.0. The fourth-order valence-electron chi connectivity index (χ4n) is 1.85. The molecule has 0 saturated carbocycles. The van der Waals surface area contributed by atoms with E-state index in [1.165, 1.54) is 0 Å². The second-order valence-corrected chi connectivity index (χ2v) is 5.32. The molecular weight excluding hydrogens is 284 g/mol. The van der Waals surface area contributed by atoms with Crippen molar-refractivity contribution in [3.63, 3.8) is 0 Å². The Kier molecular flexibility index (Phi) is 4.37. The van der Waals surface area contributed by atoms with E-state index >= 15 is 0 Å². The van der Waals surface area contributed by atoms with Crippen molar-refractivity contribution < 1.29 is 27.4 Å². The molecule has 1 heterocycles. The van der Waals surface area contributed by atoms with Gasteiger partial charge < -0.3 is 9.84 Å². The van der Waals surface area contributed by atoms with Crippen LogP contribution in [0.1, 0.15) is 17.2 Å². The average Bonchev–Trinajstić information content (AvgIpc) is 2.37. The molecule has 2 unspecified atom stereocenters. The van der Waals surface area contributed by atoms with Crippen LogP contribution in [-0.2, 0) is 10.9 Å². The highest BCUT2D eigenvalue weighted by atomic mass is 32.2. The van der Waals surface area contributed by atoms with Crippen molar-refractivity contribution >= 4 is 11.8 Å². The Morgan fingerprint density at radius 2 is 2.11 bits per heavy atom. The van der Waals surface area contributed by atoms with Gasteiger partial charge in [-0.1, -0.05) is 6.07 Å². The first-order valence-electron chi connectivity index (χ1n) is 5.63. The third kappa shape index (κ3) is 3.40. The zero-order valence-electron chi connectivity index (χ0n) is 9.78. The van der Waals surface area contributed by atoms with Gasteiger partial charge in [0.15, 0.2) is 0 Å². The molecule has 1 aliphatic heterocycles. The number of halogens is 4. The van der Waals surface area contributed by atoms with Crippen LogP contribution < -0.4 is 0 Å². The molecule has 1 fully saturated rings. The lowest BCUT2D eigenvalue weighted by molar-refractivity contribution is -0.140. The molecule has 1 aromatic carbocycles. The Labute approximate surface area is 111 Å². The fraction of sp³-hybridized carbons (Fsp3) is 0.500. The molecule has 106 valence electrons. The average molecular weight is 296 g/mol. The lowest BCUT2D eigenvalue weighted by atomic mass is 10.0. The molecule has 0 aliphatic carbocycles. The number of benzene rings is 1. The van der Waals surface area contributed by atoms with E-state index in [4.69, 9.17) is 4.74 Å². The topological polar surface area (TPSA) is 29.5 Å². The summed E-state index contributed by atoms with van der Waals surface area (Å²) in [6.07, 6.45) is -6.37. The Hall–Kier alpha value is -0.790. The smallest absolute Gasteiger partial charge is 0.386 e. The van der Waals surface area contributed by atoms with Gasteiger partial charge in [0.25, 0.3) is 0 Å². The summed E-state index contributed by atoms with van der Waals surface area (Å²) in [5.41, 5.74) is -1.24. The van der Waals surface area contributed by atoms with Crippen LogP contribution in [-0.4, -0.2) is 29.3 Å². The molecule has 2 nitrogen and oxygen atoms in total. The van der Waals surface area contributed by atoms with E-state index in [0.717, 1.165) is 17.9 Å². The van der Waals surface area contributed by atoms with E-state index < -0.39 is 29.8 Å². The molecule has 0 amide bonds. The summed E-state index contributed by atoms with van der Waals surface area (Å²) in [6.45, 7) is 0.468. The largest absolute Gasteiger partial charge is 0.419 e. The van der Waals surface area contributed by atoms with Crippen LogP contribution in [0.25, 0.3) is 0 Å². The van der Waals surface area contributed by atoms with Crippen molar-refractivity contribution in [3.05, 3.63) is 35.1 Å². The van der Waals surface area contributed by atoms with Gasteiger partial charge in [0.05, 0.1) is 18.3 Å². The van der Waals surface area contributed by atoms with E-state index in [9.17, 15) is 22.7 Å². The molecule has 0 radical (unpaired) electrons. The lowest BCUT2D eigenvalue weighted by Crippen LogP contribution is -2.29. The maximum absolute atomic E-state index is 13.4. The number of alkyl halides is 3. The van der Waals surface area contributed by atoms with Crippen LogP contribution in [0.2, 0.25) is 0 Å². The number of thioether (sulfide) groups is 1. The molecule has 1 N–H and O–H groups in total.